The van der Waals surface area contributed by atoms with Crippen molar-refractivity contribution in [2.75, 3.05) is 6.54 Å². The van der Waals surface area contributed by atoms with Gasteiger partial charge in [-0.2, -0.15) is 0 Å². The number of hydrogen-bond acceptors (Lipinski definition) is 4. The van der Waals surface area contributed by atoms with Gasteiger partial charge in [-0.25, -0.2) is 18.1 Å². The molecule has 0 bridgehead atoms. The van der Waals surface area contributed by atoms with Crippen LogP contribution in [0.4, 0.5) is 0 Å². The summed E-state index contributed by atoms with van der Waals surface area (Å²) in [7, 11) is -1.96. The number of hydrogen-bond donors (Lipinski definition) is 2. The van der Waals surface area contributed by atoms with E-state index in [4.69, 9.17) is 5.11 Å². The SMILES string of the molecule is Cc1nc(S(=O)(=O)NCC(C)CC(=O)O)cn1C. The summed E-state index contributed by atoms with van der Waals surface area (Å²) in [5.41, 5.74) is 0. The molecule has 0 amide bonds. The van der Waals surface area contributed by atoms with Gasteiger partial charge in [-0.05, 0) is 12.8 Å². The Bertz CT molecular complexity index is 516. The number of carboxylic acids is 1. The fraction of sp³-hybridized carbons (Fsp3) is 0.600. The van der Waals surface area contributed by atoms with Crippen LogP contribution in [-0.4, -0.2) is 35.6 Å². The lowest BCUT2D eigenvalue weighted by atomic mass is 10.1. The van der Waals surface area contributed by atoms with Crippen LogP contribution in [0.5, 0.6) is 0 Å². The quantitative estimate of drug-likeness (QED) is 0.767. The molecule has 1 aromatic rings. The minimum absolute atomic E-state index is 0.0509. The average Bonchev–Trinajstić information content (AvgIpc) is 2.56. The summed E-state index contributed by atoms with van der Waals surface area (Å²) in [6, 6.07) is 0. The van der Waals surface area contributed by atoms with E-state index in [0.717, 1.165) is 0 Å². The predicted octanol–water partition coefficient (Wildman–Crippen LogP) is 0.118. The summed E-state index contributed by atoms with van der Waals surface area (Å²) >= 11 is 0. The molecule has 0 aliphatic rings. The molecule has 18 heavy (non-hydrogen) atoms. The molecule has 0 aromatic carbocycles. The molecule has 0 spiro atoms. The average molecular weight is 275 g/mol. The first-order valence-electron chi connectivity index (χ1n) is 5.44. The Morgan fingerprint density at radius 2 is 2.22 bits per heavy atom. The molecule has 0 saturated heterocycles. The van der Waals surface area contributed by atoms with Crippen LogP contribution in [0, 0.1) is 12.8 Å². The largest absolute Gasteiger partial charge is 0.481 e. The van der Waals surface area contributed by atoms with E-state index >= 15 is 0 Å². The second kappa shape index (κ2) is 5.49. The third-order valence-electron chi connectivity index (χ3n) is 2.51. The van der Waals surface area contributed by atoms with E-state index in [1.165, 1.54) is 6.20 Å². The molecule has 2 N–H and O–H groups in total. The molecular formula is C10H17N3O4S. The van der Waals surface area contributed by atoms with Gasteiger partial charge in [0.1, 0.15) is 5.82 Å². The van der Waals surface area contributed by atoms with Crippen LogP contribution >= 0.6 is 0 Å². The maximum Gasteiger partial charge on any atom is 0.303 e. The number of aliphatic carboxylic acids is 1. The third kappa shape index (κ3) is 3.81. The van der Waals surface area contributed by atoms with Crippen molar-refractivity contribution in [1.82, 2.24) is 14.3 Å². The topological polar surface area (TPSA) is 101 Å². The van der Waals surface area contributed by atoms with Gasteiger partial charge in [-0.1, -0.05) is 6.92 Å². The number of nitrogens with zero attached hydrogens (tertiary/aromatic N) is 2. The summed E-state index contributed by atoms with van der Waals surface area (Å²) < 4.78 is 27.7. The van der Waals surface area contributed by atoms with Crippen LogP contribution in [0.1, 0.15) is 19.2 Å². The van der Waals surface area contributed by atoms with Gasteiger partial charge in [0, 0.05) is 26.2 Å². The van der Waals surface area contributed by atoms with Crippen LogP contribution in [0.25, 0.3) is 0 Å². The van der Waals surface area contributed by atoms with Crippen molar-refractivity contribution in [1.29, 1.82) is 0 Å². The van der Waals surface area contributed by atoms with Crippen molar-refractivity contribution in [2.45, 2.75) is 25.3 Å². The first kappa shape index (κ1) is 14.7. The highest BCUT2D eigenvalue weighted by Crippen LogP contribution is 2.08. The first-order chi connectivity index (χ1) is 8.22. The maximum absolute atomic E-state index is 11.9. The van der Waals surface area contributed by atoms with Crippen LogP contribution in [0.15, 0.2) is 11.2 Å². The normalized spacial score (nSPS) is 13.5. The molecule has 1 rings (SSSR count). The van der Waals surface area contributed by atoms with Crippen molar-refractivity contribution >= 4 is 16.0 Å². The Morgan fingerprint density at radius 1 is 1.61 bits per heavy atom. The van der Waals surface area contributed by atoms with Gasteiger partial charge in [-0.3, -0.25) is 4.79 Å². The lowest BCUT2D eigenvalue weighted by Crippen LogP contribution is -2.29. The maximum atomic E-state index is 11.9. The van der Waals surface area contributed by atoms with E-state index in [9.17, 15) is 13.2 Å². The summed E-state index contributed by atoms with van der Waals surface area (Å²) in [6.45, 7) is 3.44. The monoisotopic (exact) mass is 275 g/mol. The zero-order valence-electron chi connectivity index (χ0n) is 10.5. The van der Waals surface area contributed by atoms with Gasteiger partial charge < -0.3 is 9.67 Å². The highest BCUT2D eigenvalue weighted by atomic mass is 32.2. The van der Waals surface area contributed by atoms with E-state index in [1.54, 1.807) is 25.5 Å². The zero-order chi connectivity index (χ0) is 13.9. The Morgan fingerprint density at radius 3 is 2.67 bits per heavy atom. The molecule has 1 aromatic heterocycles. The van der Waals surface area contributed by atoms with E-state index in [0.29, 0.717) is 5.82 Å². The molecule has 1 atom stereocenters. The van der Waals surface area contributed by atoms with Crippen LogP contribution < -0.4 is 4.72 Å². The van der Waals surface area contributed by atoms with Crippen LogP contribution in [0.3, 0.4) is 0 Å². The van der Waals surface area contributed by atoms with Gasteiger partial charge in [0.2, 0.25) is 0 Å². The number of nitrogens with one attached hydrogen (secondary N) is 1. The van der Waals surface area contributed by atoms with Crippen LogP contribution in [-0.2, 0) is 21.9 Å². The summed E-state index contributed by atoms with van der Waals surface area (Å²) in [5.74, 6) is -0.633. The highest BCUT2D eigenvalue weighted by molar-refractivity contribution is 7.89. The minimum atomic E-state index is -3.67. The molecule has 0 fully saturated rings. The van der Waals surface area contributed by atoms with Crippen molar-refractivity contribution in [3.63, 3.8) is 0 Å². The standard InChI is InChI=1S/C10H17N3O4S/c1-7(4-10(14)15)5-11-18(16,17)9-6-13(3)8(2)12-9/h6-7,11H,4-5H2,1-3H3,(H,14,15). The van der Waals surface area contributed by atoms with Crippen molar-refractivity contribution in [2.24, 2.45) is 13.0 Å². The van der Waals surface area contributed by atoms with E-state index in [1.807, 2.05) is 0 Å². The molecule has 0 saturated carbocycles. The van der Waals surface area contributed by atoms with Gasteiger partial charge in [0.05, 0.1) is 0 Å². The summed E-state index contributed by atoms with van der Waals surface area (Å²) in [4.78, 5) is 14.4. The lowest BCUT2D eigenvalue weighted by molar-refractivity contribution is -0.137. The second-order valence-corrected chi connectivity index (χ2v) is 6.01. The molecule has 8 heteroatoms. The Kier molecular flexibility index (Phi) is 4.47. The third-order valence-corrected chi connectivity index (χ3v) is 3.80. The highest BCUT2D eigenvalue weighted by Gasteiger charge is 2.19. The fourth-order valence-corrected chi connectivity index (χ4v) is 2.55. The predicted molar refractivity (Wildman–Crippen MR) is 64.6 cm³/mol. The van der Waals surface area contributed by atoms with Gasteiger partial charge in [0.15, 0.2) is 5.03 Å². The van der Waals surface area contributed by atoms with Gasteiger partial charge in [0.25, 0.3) is 10.0 Å². The van der Waals surface area contributed by atoms with E-state index in [2.05, 4.69) is 9.71 Å². The minimum Gasteiger partial charge on any atom is -0.481 e. The lowest BCUT2D eigenvalue weighted by Gasteiger charge is -2.09. The van der Waals surface area contributed by atoms with Crippen molar-refractivity contribution < 1.29 is 18.3 Å². The molecule has 0 aliphatic heterocycles. The molecule has 1 heterocycles. The Balaban J connectivity index is 2.68. The molecule has 7 nitrogen and oxygen atoms in total. The molecule has 0 radical (unpaired) electrons. The number of carbonyl (C=O) groups is 1. The van der Waals surface area contributed by atoms with E-state index < -0.39 is 16.0 Å². The summed E-state index contributed by atoms with van der Waals surface area (Å²) in [6.07, 6.45) is 1.34. The number of imidazole rings is 1. The Hall–Kier alpha value is -1.41. The molecule has 0 aliphatic carbocycles. The number of aryl methyl sites for hydroxylation is 2. The zero-order valence-corrected chi connectivity index (χ0v) is 11.4. The number of carboxylic acid groups (broad SMARTS) is 1. The fourth-order valence-electron chi connectivity index (χ4n) is 1.35. The van der Waals surface area contributed by atoms with Gasteiger partial charge in [-0.15, -0.1) is 0 Å². The number of aromatic nitrogens is 2. The van der Waals surface area contributed by atoms with E-state index in [-0.39, 0.29) is 23.9 Å². The second-order valence-electron chi connectivity index (χ2n) is 4.29. The summed E-state index contributed by atoms with van der Waals surface area (Å²) in [5, 5.41) is 8.53. The van der Waals surface area contributed by atoms with Crippen molar-refractivity contribution in [3.05, 3.63) is 12.0 Å². The molecule has 102 valence electrons. The van der Waals surface area contributed by atoms with Gasteiger partial charge >= 0.3 is 5.97 Å². The Labute approximate surface area is 106 Å². The van der Waals surface area contributed by atoms with Crippen LogP contribution in [0.2, 0.25) is 0 Å². The van der Waals surface area contributed by atoms with Crippen molar-refractivity contribution in [3.8, 4) is 0 Å². The number of sulfonamides is 1. The molecular weight excluding hydrogens is 258 g/mol. The first-order valence-corrected chi connectivity index (χ1v) is 6.92. The smallest absolute Gasteiger partial charge is 0.303 e. The number of rotatable bonds is 6. The molecule has 1 unspecified atom stereocenters.